The van der Waals surface area contributed by atoms with Crippen LogP contribution in [-0.2, 0) is 14.2 Å². The Balaban J connectivity index is 3.71. The van der Waals surface area contributed by atoms with Crippen LogP contribution in [0.2, 0.25) is 0 Å². The molecule has 0 atom stereocenters. The number of carbonyl (C=O) groups is 2. The van der Waals surface area contributed by atoms with Gasteiger partial charge in [0.05, 0.1) is 0 Å². The predicted molar refractivity (Wildman–Crippen MR) is 53.4 cm³/mol. The molecule has 0 saturated carbocycles. The van der Waals surface area contributed by atoms with E-state index in [1.807, 2.05) is 0 Å². The van der Waals surface area contributed by atoms with Gasteiger partial charge in [0.15, 0.2) is 0 Å². The van der Waals surface area contributed by atoms with Gasteiger partial charge in [0.1, 0.15) is 13.2 Å². The third-order valence-electron chi connectivity index (χ3n) is 1.04. The van der Waals surface area contributed by atoms with Gasteiger partial charge in [-0.2, -0.15) is 0 Å². The van der Waals surface area contributed by atoms with Crippen molar-refractivity contribution in [3.63, 3.8) is 0 Å². The minimum Gasteiger partial charge on any atom is -0.429 e. The van der Waals surface area contributed by atoms with Gasteiger partial charge in [-0.1, -0.05) is 13.2 Å². The van der Waals surface area contributed by atoms with Crippen molar-refractivity contribution < 1.29 is 23.8 Å². The molecule has 0 saturated heterocycles. The number of ether oxygens (including phenoxy) is 3. The van der Waals surface area contributed by atoms with E-state index in [4.69, 9.17) is 0 Å². The summed E-state index contributed by atoms with van der Waals surface area (Å²) in [4.78, 5) is 21.6. The van der Waals surface area contributed by atoms with Crippen molar-refractivity contribution in [3.05, 3.63) is 24.3 Å². The third-order valence-corrected chi connectivity index (χ3v) is 1.04. The molecule has 0 unspecified atom stereocenters. The molecule has 0 bridgehead atoms. The fraction of sp³-hybridized carbons (Fsp3) is 0.400. The van der Waals surface area contributed by atoms with Crippen molar-refractivity contribution in [2.24, 2.45) is 0 Å². The van der Waals surface area contributed by atoms with Crippen LogP contribution in [0.25, 0.3) is 0 Å². The molecule has 0 aliphatic rings. The van der Waals surface area contributed by atoms with Crippen LogP contribution < -0.4 is 0 Å². The Morgan fingerprint density at radius 3 is 1.53 bits per heavy atom. The van der Waals surface area contributed by atoms with Gasteiger partial charge >= 0.3 is 12.3 Å². The van der Waals surface area contributed by atoms with E-state index < -0.39 is 12.3 Å². The Kier molecular flexibility index (Phi) is 5.85. The van der Waals surface area contributed by atoms with Crippen LogP contribution in [-0.4, -0.2) is 25.5 Å². The Morgan fingerprint density at radius 1 is 0.933 bits per heavy atom. The Morgan fingerprint density at radius 2 is 1.27 bits per heavy atom. The summed E-state index contributed by atoms with van der Waals surface area (Å²) in [5.41, 5.74) is 1.28. The van der Waals surface area contributed by atoms with Gasteiger partial charge in [0.25, 0.3) is 0 Å². The summed E-state index contributed by atoms with van der Waals surface area (Å²) < 4.78 is 13.1. The number of hydrogen-bond acceptors (Lipinski definition) is 5. The molecule has 0 aromatic rings. The predicted octanol–water partition coefficient (Wildman–Crippen LogP) is 2.43. The van der Waals surface area contributed by atoms with Crippen LogP contribution in [0.15, 0.2) is 24.3 Å². The van der Waals surface area contributed by atoms with Crippen molar-refractivity contribution in [2.45, 2.75) is 13.8 Å². The van der Waals surface area contributed by atoms with Crippen LogP contribution in [0.1, 0.15) is 13.8 Å². The van der Waals surface area contributed by atoms with Gasteiger partial charge in [-0.25, -0.2) is 9.59 Å². The molecule has 0 rings (SSSR count). The molecule has 0 aliphatic heterocycles. The first kappa shape index (κ1) is 13.2. The maximum absolute atomic E-state index is 10.8. The van der Waals surface area contributed by atoms with E-state index >= 15 is 0 Å². The Labute approximate surface area is 88.3 Å². The van der Waals surface area contributed by atoms with Crippen molar-refractivity contribution >= 4 is 12.3 Å². The van der Waals surface area contributed by atoms with Gasteiger partial charge in [-0.3, -0.25) is 0 Å². The fourth-order valence-electron chi connectivity index (χ4n) is 0.491. The lowest BCUT2D eigenvalue weighted by molar-refractivity contribution is 0.0437. The zero-order valence-corrected chi connectivity index (χ0v) is 8.87. The molecule has 5 nitrogen and oxygen atoms in total. The normalized spacial score (nSPS) is 8.93. The van der Waals surface area contributed by atoms with Gasteiger partial charge in [-0.15, -0.1) is 0 Å². The summed E-state index contributed by atoms with van der Waals surface area (Å²) in [6.45, 7) is 10.4. The highest BCUT2D eigenvalue weighted by Crippen LogP contribution is 1.96. The largest absolute Gasteiger partial charge is 0.518 e. The van der Waals surface area contributed by atoms with Crippen molar-refractivity contribution in [1.82, 2.24) is 0 Å². The third kappa shape index (κ3) is 8.55. The van der Waals surface area contributed by atoms with Crippen LogP contribution in [0.5, 0.6) is 0 Å². The molecule has 5 heteroatoms. The first-order valence-corrected chi connectivity index (χ1v) is 4.22. The highest BCUT2D eigenvalue weighted by atomic mass is 16.8. The lowest BCUT2D eigenvalue weighted by Gasteiger charge is -2.05. The van der Waals surface area contributed by atoms with E-state index in [-0.39, 0.29) is 13.2 Å². The fourth-order valence-corrected chi connectivity index (χ4v) is 0.491. The summed E-state index contributed by atoms with van der Waals surface area (Å²) in [6.07, 6.45) is -2.21. The molecule has 84 valence electrons. The quantitative estimate of drug-likeness (QED) is 0.408. The average Bonchev–Trinajstić information content (AvgIpc) is 2.11. The van der Waals surface area contributed by atoms with E-state index in [0.717, 1.165) is 0 Å². The van der Waals surface area contributed by atoms with Crippen LogP contribution in [0, 0.1) is 0 Å². The molecule has 0 amide bonds. The van der Waals surface area contributed by atoms with E-state index in [1.165, 1.54) is 0 Å². The monoisotopic (exact) mass is 214 g/mol. The molecule has 0 aromatic heterocycles. The molecule has 0 radical (unpaired) electrons. The molecule has 0 aromatic carbocycles. The van der Waals surface area contributed by atoms with Gasteiger partial charge < -0.3 is 14.2 Å². The van der Waals surface area contributed by atoms with E-state index in [0.29, 0.717) is 11.1 Å². The second-order valence-corrected chi connectivity index (χ2v) is 3.09. The van der Waals surface area contributed by atoms with Crippen molar-refractivity contribution in [1.29, 1.82) is 0 Å². The zero-order valence-electron chi connectivity index (χ0n) is 8.87. The Hall–Kier alpha value is -1.78. The molecule has 15 heavy (non-hydrogen) atoms. The average molecular weight is 214 g/mol. The first-order chi connectivity index (χ1) is 6.91. The van der Waals surface area contributed by atoms with E-state index in [9.17, 15) is 9.59 Å². The highest BCUT2D eigenvalue weighted by molar-refractivity contribution is 5.77. The first-order valence-electron chi connectivity index (χ1n) is 4.22. The number of hydrogen-bond donors (Lipinski definition) is 0. The molecular weight excluding hydrogens is 200 g/mol. The van der Waals surface area contributed by atoms with Crippen molar-refractivity contribution in [2.75, 3.05) is 13.2 Å². The van der Waals surface area contributed by atoms with Crippen molar-refractivity contribution in [3.8, 4) is 0 Å². The maximum Gasteiger partial charge on any atom is 0.518 e. The minimum absolute atomic E-state index is 0.00655. The second kappa shape index (κ2) is 6.64. The highest BCUT2D eigenvalue weighted by Gasteiger charge is 2.12. The summed E-state index contributed by atoms with van der Waals surface area (Å²) in [7, 11) is 0. The topological polar surface area (TPSA) is 61.8 Å². The second-order valence-electron chi connectivity index (χ2n) is 3.09. The standard InChI is InChI=1S/C10H14O5/c1-7(2)5-13-9(11)15-10(12)14-6-8(3)4/h1,3,5-6H2,2,4H3. The SMILES string of the molecule is C=C(C)COC(=O)OC(=O)OCC(=C)C. The molecule has 0 spiro atoms. The number of carbonyl (C=O) groups excluding carboxylic acids is 2. The summed E-state index contributed by atoms with van der Waals surface area (Å²) in [5.74, 6) is 0. The van der Waals surface area contributed by atoms with E-state index in [2.05, 4.69) is 27.4 Å². The lowest BCUT2D eigenvalue weighted by Crippen LogP contribution is -2.16. The van der Waals surface area contributed by atoms with Gasteiger partial charge in [0.2, 0.25) is 0 Å². The number of rotatable bonds is 4. The smallest absolute Gasteiger partial charge is 0.429 e. The zero-order chi connectivity index (χ0) is 11.8. The summed E-state index contributed by atoms with van der Waals surface area (Å²) in [6, 6.07) is 0. The minimum atomic E-state index is -1.11. The summed E-state index contributed by atoms with van der Waals surface area (Å²) in [5, 5.41) is 0. The van der Waals surface area contributed by atoms with Crippen LogP contribution in [0.3, 0.4) is 0 Å². The van der Waals surface area contributed by atoms with Crippen LogP contribution >= 0.6 is 0 Å². The molecule has 0 fully saturated rings. The van der Waals surface area contributed by atoms with E-state index in [1.54, 1.807) is 13.8 Å². The molecule has 0 N–H and O–H groups in total. The Bertz CT molecular complexity index is 252. The molecular formula is C10H14O5. The van der Waals surface area contributed by atoms with Gasteiger partial charge in [-0.05, 0) is 25.0 Å². The molecule has 0 aliphatic carbocycles. The maximum atomic E-state index is 10.8. The lowest BCUT2D eigenvalue weighted by atomic mass is 10.4. The van der Waals surface area contributed by atoms with Gasteiger partial charge in [0, 0.05) is 0 Å². The molecule has 0 heterocycles. The summed E-state index contributed by atoms with van der Waals surface area (Å²) >= 11 is 0. The van der Waals surface area contributed by atoms with Crippen LogP contribution in [0.4, 0.5) is 9.59 Å².